The molecule has 9 aromatic rings. The SMILES string of the molecule is c1ccc(-c2ccc(N(c3ccccc3)c3cc(-c4ccccc4)ccc3-c3cc(-c4ccccc4)c4oc5ccccc5c4c3)cc2)cc1. The maximum Gasteiger partial charge on any atom is 0.143 e. The van der Waals surface area contributed by atoms with Gasteiger partial charge in [-0.25, -0.2) is 0 Å². The summed E-state index contributed by atoms with van der Waals surface area (Å²) in [7, 11) is 0. The molecule has 236 valence electrons. The van der Waals surface area contributed by atoms with Crippen molar-refractivity contribution in [1.29, 1.82) is 0 Å². The van der Waals surface area contributed by atoms with Crippen molar-refractivity contribution >= 4 is 39.0 Å². The van der Waals surface area contributed by atoms with E-state index in [1.54, 1.807) is 0 Å². The lowest BCUT2D eigenvalue weighted by atomic mass is 9.92. The largest absolute Gasteiger partial charge is 0.455 e. The van der Waals surface area contributed by atoms with Crippen LogP contribution in [0.2, 0.25) is 0 Å². The molecule has 8 aromatic carbocycles. The van der Waals surface area contributed by atoms with E-state index in [-0.39, 0.29) is 0 Å². The van der Waals surface area contributed by atoms with Gasteiger partial charge in [-0.2, -0.15) is 0 Å². The summed E-state index contributed by atoms with van der Waals surface area (Å²) in [5, 5.41) is 2.22. The highest BCUT2D eigenvalue weighted by Gasteiger charge is 2.21. The van der Waals surface area contributed by atoms with Crippen molar-refractivity contribution in [2.45, 2.75) is 0 Å². The predicted molar refractivity (Wildman–Crippen MR) is 210 cm³/mol. The number of benzene rings is 8. The minimum atomic E-state index is 0.890. The minimum absolute atomic E-state index is 0.890. The van der Waals surface area contributed by atoms with Gasteiger partial charge in [0.15, 0.2) is 0 Å². The third-order valence-electron chi connectivity index (χ3n) is 9.47. The molecule has 50 heavy (non-hydrogen) atoms. The van der Waals surface area contributed by atoms with Crippen LogP contribution in [0.3, 0.4) is 0 Å². The van der Waals surface area contributed by atoms with Crippen molar-refractivity contribution < 1.29 is 4.42 Å². The van der Waals surface area contributed by atoms with E-state index in [0.717, 1.165) is 66.8 Å². The molecular formula is C48H33NO. The van der Waals surface area contributed by atoms with Gasteiger partial charge in [0.2, 0.25) is 0 Å². The molecule has 2 heteroatoms. The zero-order valence-electron chi connectivity index (χ0n) is 27.4. The summed E-state index contributed by atoms with van der Waals surface area (Å²) in [5.41, 5.74) is 14.2. The van der Waals surface area contributed by atoms with E-state index in [1.807, 2.05) is 6.07 Å². The number of furan rings is 1. The van der Waals surface area contributed by atoms with Crippen molar-refractivity contribution in [3.63, 3.8) is 0 Å². The highest BCUT2D eigenvalue weighted by molar-refractivity contribution is 6.12. The molecule has 0 radical (unpaired) electrons. The average molecular weight is 640 g/mol. The van der Waals surface area contributed by atoms with Crippen LogP contribution in [0.5, 0.6) is 0 Å². The van der Waals surface area contributed by atoms with Gasteiger partial charge in [0.1, 0.15) is 11.2 Å². The van der Waals surface area contributed by atoms with E-state index < -0.39 is 0 Å². The molecule has 0 atom stereocenters. The number of para-hydroxylation sites is 2. The van der Waals surface area contributed by atoms with Gasteiger partial charge in [-0.05, 0) is 81.9 Å². The highest BCUT2D eigenvalue weighted by atomic mass is 16.3. The second-order valence-corrected chi connectivity index (χ2v) is 12.5. The number of fused-ring (bicyclic) bond motifs is 3. The lowest BCUT2D eigenvalue weighted by Gasteiger charge is -2.29. The molecule has 1 heterocycles. The third-order valence-corrected chi connectivity index (χ3v) is 9.47. The average Bonchev–Trinajstić information content (AvgIpc) is 3.58. The fourth-order valence-electron chi connectivity index (χ4n) is 7.02. The molecule has 0 N–H and O–H groups in total. The number of hydrogen-bond donors (Lipinski definition) is 0. The maximum atomic E-state index is 6.56. The maximum absolute atomic E-state index is 6.56. The molecule has 0 aliphatic rings. The van der Waals surface area contributed by atoms with Crippen LogP contribution in [0.1, 0.15) is 0 Å². The molecule has 2 nitrogen and oxygen atoms in total. The Morgan fingerprint density at radius 2 is 0.840 bits per heavy atom. The van der Waals surface area contributed by atoms with Crippen LogP contribution in [0.15, 0.2) is 205 Å². The summed E-state index contributed by atoms with van der Waals surface area (Å²) >= 11 is 0. The summed E-state index contributed by atoms with van der Waals surface area (Å²) in [5.74, 6) is 0. The topological polar surface area (TPSA) is 16.4 Å². The monoisotopic (exact) mass is 639 g/mol. The number of hydrogen-bond acceptors (Lipinski definition) is 2. The Morgan fingerprint density at radius 3 is 1.52 bits per heavy atom. The summed E-state index contributed by atoms with van der Waals surface area (Å²) in [6, 6.07) is 71.1. The van der Waals surface area contributed by atoms with E-state index in [2.05, 4.69) is 199 Å². The zero-order chi connectivity index (χ0) is 33.3. The molecular weight excluding hydrogens is 607 g/mol. The van der Waals surface area contributed by atoms with E-state index in [1.165, 1.54) is 16.7 Å². The Morgan fingerprint density at radius 1 is 0.320 bits per heavy atom. The zero-order valence-corrected chi connectivity index (χ0v) is 27.4. The van der Waals surface area contributed by atoms with E-state index >= 15 is 0 Å². The number of rotatable bonds is 7. The Labute approximate surface area is 292 Å². The van der Waals surface area contributed by atoms with Crippen LogP contribution in [0.4, 0.5) is 17.1 Å². The lowest BCUT2D eigenvalue weighted by molar-refractivity contribution is 0.670. The Kier molecular flexibility index (Phi) is 7.53. The Bertz CT molecular complexity index is 2560. The van der Waals surface area contributed by atoms with Crippen LogP contribution in [-0.2, 0) is 0 Å². The molecule has 1 aromatic heterocycles. The fraction of sp³-hybridized carbons (Fsp3) is 0. The molecule has 9 rings (SSSR count). The van der Waals surface area contributed by atoms with Crippen molar-refractivity contribution in [2.75, 3.05) is 4.90 Å². The molecule has 0 spiro atoms. The molecule has 0 saturated heterocycles. The van der Waals surface area contributed by atoms with E-state index in [0.29, 0.717) is 0 Å². The van der Waals surface area contributed by atoms with Crippen LogP contribution in [-0.4, -0.2) is 0 Å². The molecule has 0 saturated carbocycles. The first-order valence-electron chi connectivity index (χ1n) is 17.0. The van der Waals surface area contributed by atoms with Crippen LogP contribution < -0.4 is 4.90 Å². The van der Waals surface area contributed by atoms with Crippen molar-refractivity contribution in [2.24, 2.45) is 0 Å². The first-order valence-corrected chi connectivity index (χ1v) is 17.0. The second kappa shape index (κ2) is 12.8. The van der Waals surface area contributed by atoms with E-state index in [9.17, 15) is 0 Å². The normalized spacial score (nSPS) is 11.2. The van der Waals surface area contributed by atoms with Gasteiger partial charge in [-0.3, -0.25) is 0 Å². The Hall–Kier alpha value is -6.64. The highest BCUT2D eigenvalue weighted by Crippen LogP contribution is 2.46. The minimum Gasteiger partial charge on any atom is -0.455 e. The fourth-order valence-corrected chi connectivity index (χ4v) is 7.02. The standard InChI is InChI=1S/C48H33NO/c1-5-15-34(16-6-1)36-25-28-41(29-26-36)49(40-21-11-4-12-22-40)46-33-38(35-17-7-2-8-18-35)27-30-42(46)39-31-44(37-19-9-3-10-20-37)48-45(32-39)43-23-13-14-24-47(43)50-48/h1-33H. The second-order valence-electron chi connectivity index (χ2n) is 12.5. The molecule has 0 fully saturated rings. The molecule has 0 amide bonds. The molecule has 0 unspecified atom stereocenters. The molecule has 0 aliphatic heterocycles. The van der Waals surface area contributed by atoms with Crippen LogP contribution in [0, 0.1) is 0 Å². The Balaban J connectivity index is 1.31. The molecule has 0 bridgehead atoms. The summed E-state index contributed by atoms with van der Waals surface area (Å²) in [6.45, 7) is 0. The van der Waals surface area contributed by atoms with E-state index in [4.69, 9.17) is 4.42 Å². The van der Waals surface area contributed by atoms with Gasteiger partial charge < -0.3 is 9.32 Å². The van der Waals surface area contributed by atoms with Gasteiger partial charge >= 0.3 is 0 Å². The van der Waals surface area contributed by atoms with Gasteiger partial charge in [-0.15, -0.1) is 0 Å². The summed E-state index contributed by atoms with van der Waals surface area (Å²) in [6.07, 6.45) is 0. The first-order chi connectivity index (χ1) is 24.8. The summed E-state index contributed by atoms with van der Waals surface area (Å²) < 4.78 is 6.56. The van der Waals surface area contributed by atoms with Gasteiger partial charge in [-0.1, -0.05) is 152 Å². The number of anilines is 3. The van der Waals surface area contributed by atoms with Crippen molar-refractivity contribution in [3.05, 3.63) is 200 Å². The van der Waals surface area contributed by atoms with Crippen LogP contribution >= 0.6 is 0 Å². The quantitative estimate of drug-likeness (QED) is 0.173. The van der Waals surface area contributed by atoms with Gasteiger partial charge in [0.05, 0.1) is 5.69 Å². The van der Waals surface area contributed by atoms with Crippen LogP contribution in [0.25, 0.3) is 66.4 Å². The lowest BCUT2D eigenvalue weighted by Crippen LogP contribution is -2.11. The smallest absolute Gasteiger partial charge is 0.143 e. The predicted octanol–water partition coefficient (Wildman–Crippen LogP) is 13.7. The first kappa shape index (κ1) is 29.5. The van der Waals surface area contributed by atoms with Crippen molar-refractivity contribution in [3.8, 4) is 44.5 Å². The summed E-state index contributed by atoms with van der Waals surface area (Å²) in [4.78, 5) is 2.39. The van der Waals surface area contributed by atoms with Crippen molar-refractivity contribution in [1.82, 2.24) is 0 Å². The number of nitrogens with zero attached hydrogens (tertiary/aromatic N) is 1. The van der Waals surface area contributed by atoms with Gasteiger partial charge in [0, 0.05) is 33.3 Å². The van der Waals surface area contributed by atoms with Gasteiger partial charge in [0.25, 0.3) is 0 Å². The molecule has 0 aliphatic carbocycles. The third kappa shape index (κ3) is 5.43.